The zero-order valence-corrected chi connectivity index (χ0v) is 18.9. The number of piperidine rings is 1. The van der Waals surface area contributed by atoms with Crippen LogP contribution in [0.25, 0.3) is 0 Å². The Bertz CT molecular complexity index is 938. The summed E-state index contributed by atoms with van der Waals surface area (Å²) in [6.45, 7) is 7.94. The third kappa shape index (κ3) is 4.22. The van der Waals surface area contributed by atoms with Crippen LogP contribution in [0.3, 0.4) is 0 Å². The monoisotopic (exact) mass is 425 g/mol. The van der Waals surface area contributed by atoms with Crippen molar-refractivity contribution in [3.8, 4) is 0 Å². The van der Waals surface area contributed by atoms with Gasteiger partial charge in [0.25, 0.3) is 0 Å². The number of aryl methyl sites for hydroxylation is 2. The minimum absolute atomic E-state index is 0.176. The maximum absolute atomic E-state index is 12.9. The molecule has 0 spiro atoms. The van der Waals surface area contributed by atoms with Crippen LogP contribution in [0.1, 0.15) is 65.8 Å². The number of rotatable bonds is 5. The number of thiazole rings is 1. The molecule has 2 aromatic rings. The highest BCUT2D eigenvalue weighted by molar-refractivity contribution is 7.09. The molecule has 0 unspecified atom stereocenters. The average Bonchev–Trinajstić information content (AvgIpc) is 3.47. The van der Waals surface area contributed by atoms with Crippen molar-refractivity contribution in [2.24, 2.45) is 5.92 Å². The first-order valence-corrected chi connectivity index (χ1v) is 12.3. The van der Waals surface area contributed by atoms with Gasteiger partial charge in [-0.15, -0.1) is 11.3 Å². The largest absolute Gasteiger partial charge is 0.356 e. The molecular formula is C23H31N5OS. The van der Waals surface area contributed by atoms with Crippen LogP contribution in [0.2, 0.25) is 0 Å². The summed E-state index contributed by atoms with van der Waals surface area (Å²) in [6, 6.07) is 0. The number of amides is 1. The number of carbonyl (C=O) groups excluding carboxylic acids is 1. The second kappa shape index (κ2) is 8.25. The van der Waals surface area contributed by atoms with Crippen molar-refractivity contribution < 1.29 is 4.79 Å². The van der Waals surface area contributed by atoms with Gasteiger partial charge in [0, 0.05) is 48.7 Å². The number of fused-ring (bicyclic) bond motifs is 1. The molecule has 1 saturated heterocycles. The first kappa shape index (κ1) is 19.9. The molecule has 0 radical (unpaired) electrons. The molecule has 3 aliphatic rings. The average molecular weight is 426 g/mol. The molecule has 160 valence electrons. The van der Waals surface area contributed by atoms with Crippen LogP contribution in [-0.2, 0) is 17.6 Å². The van der Waals surface area contributed by atoms with Gasteiger partial charge in [-0.25, -0.2) is 15.0 Å². The smallest absolute Gasteiger partial charge is 0.228 e. The summed E-state index contributed by atoms with van der Waals surface area (Å²) < 4.78 is 0. The van der Waals surface area contributed by atoms with E-state index in [9.17, 15) is 4.79 Å². The lowest BCUT2D eigenvalue weighted by molar-refractivity contribution is -0.131. The van der Waals surface area contributed by atoms with Crippen LogP contribution in [0, 0.1) is 19.8 Å². The molecule has 1 atom stereocenters. The fourth-order valence-corrected chi connectivity index (χ4v) is 5.46. The van der Waals surface area contributed by atoms with Crippen LogP contribution in [-0.4, -0.2) is 51.9 Å². The summed E-state index contributed by atoms with van der Waals surface area (Å²) in [5, 5.41) is 3.02. The summed E-state index contributed by atoms with van der Waals surface area (Å²) in [4.78, 5) is 31.9. The predicted octanol–water partition coefficient (Wildman–Crippen LogP) is 3.66. The minimum atomic E-state index is 0.176. The molecule has 6 nitrogen and oxygen atoms in total. The van der Waals surface area contributed by atoms with E-state index in [1.165, 1.54) is 30.6 Å². The van der Waals surface area contributed by atoms with E-state index in [0.29, 0.717) is 6.42 Å². The van der Waals surface area contributed by atoms with Crippen LogP contribution >= 0.6 is 11.3 Å². The van der Waals surface area contributed by atoms with Crippen LogP contribution in [0.5, 0.6) is 0 Å². The highest BCUT2D eigenvalue weighted by Gasteiger charge is 2.31. The minimum Gasteiger partial charge on any atom is -0.356 e. The molecule has 2 aliphatic heterocycles. The number of hydrogen-bond acceptors (Lipinski definition) is 6. The van der Waals surface area contributed by atoms with Crippen molar-refractivity contribution in [2.45, 2.75) is 64.7 Å². The number of aromatic nitrogens is 3. The van der Waals surface area contributed by atoms with Gasteiger partial charge in [-0.1, -0.05) is 0 Å². The zero-order valence-electron chi connectivity index (χ0n) is 18.1. The van der Waals surface area contributed by atoms with E-state index < -0.39 is 0 Å². The van der Waals surface area contributed by atoms with Gasteiger partial charge in [-0.3, -0.25) is 4.79 Å². The first-order valence-electron chi connectivity index (χ1n) is 11.4. The molecule has 0 N–H and O–H groups in total. The van der Waals surface area contributed by atoms with E-state index in [2.05, 4.69) is 16.8 Å². The molecule has 7 heteroatoms. The summed E-state index contributed by atoms with van der Waals surface area (Å²) in [5.74, 6) is 3.38. The van der Waals surface area contributed by atoms with E-state index in [1.807, 2.05) is 17.2 Å². The molecule has 4 heterocycles. The molecule has 5 rings (SSSR count). The molecule has 0 aromatic carbocycles. The highest BCUT2D eigenvalue weighted by Crippen LogP contribution is 2.36. The Morgan fingerprint density at radius 3 is 2.77 bits per heavy atom. The predicted molar refractivity (Wildman–Crippen MR) is 119 cm³/mol. The number of nitrogens with zero attached hydrogens (tertiary/aromatic N) is 5. The second-order valence-corrected chi connectivity index (χ2v) is 10.2. The third-order valence-corrected chi connectivity index (χ3v) is 7.50. The highest BCUT2D eigenvalue weighted by atomic mass is 32.1. The Morgan fingerprint density at radius 2 is 2.00 bits per heavy atom. The first-order chi connectivity index (χ1) is 14.6. The van der Waals surface area contributed by atoms with Crippen molar-refractivity contribution in [1.82, 2.24) is 19.9 Å². The molecule has 2 fully saturated rings. The van der Waals surface area contributed by atoms with Gasteiger partial charge in [-0.2, -0.15) is 0 Å². The fraction of sp³-hybridized carbons (Fsp3) is 0.652. The fourth-order valence-electron chi connectivity index (χ4n) is 4.85. The molecule has 1 aliphatic carbocycles. The summed E-state index contributed by atoms with van der Waals surface area (Å²) >= 11 is 1.61. The lowest BCUT2D eigenvalue weighted by Crippen LogP contribution is -2.41. The van der Waals surface area contributed by atoms with E-state index in [1.54, 1.807) is 11.3 Å². The maximum Gasteiger partial charge on any atom is 0.228 e. The Kier molecular flexibility index (Phi) is 5.48. The summed E-state index contributed by atoms with van der Waals surface area (Å²) in [5.41, 5.74) is 3.37. The number of anilines is 1. The Labute approximate surface area is 182 Å². The van der Waals surface area contributed by atoms with Gasteiger partial charge in [0.1, 0.15) is 11.6 Å². The van der Waals surface area contributed by atoms with Gasteiger partial charge in [0.05, 0.1) is 17.1 Å². The van der Waals surface area contributed by atoms with Crippen molar-refractivity contribution in [3.63, 3.8) is 0 Å². The molecular weight excluding hydrogens is 394 g/mol. The van der Waals surface area contributed by atoms with Crippen LogP contribution < -0.4 is 4.90 Å². The standard InChI is InChI=1S/C23H31N5OS/c1-15-20-6-4-10-28(12-17-7-8-17)23(20)26-22(24-15)18-5-3-9-27(13-18)21(29)11-19-14-30-16(2)25-19/h14,17-18H,3-13H2,1-2H3/t18-/m1/s1. The van der Waals surface area contributed by atoms with Gasteiger partial charge in [0.15, 0.2) is 0 Å². The SMILES string of the molecule is Cc1nc(CC(=O)N2CCC[C@@H](c3nc(C)c4c(n3)N(CC3CC3)CCC4)C2)cs1. The topological polar surface area (TPSA) is 62.2 Å². The third-order valence-electron chi connectivity index (χ3n) is 6.68. The lowest BCUT2D eigenvalue weighted by atomic mass is 9.95. The van der Waals surface area contributed by atoms with E-state index in [-0.39, 0.29) is 11.8 Å². The van der Waals surface area contributed by atoms with Gasteiger partial charge >= 0.3 is 0 Å². The number of hydrogen-bond donors (Lipinski definition) is 0. The van der Waals surface area contributed by atoms with Crippen LogP contribution in [0.15, 0.2) is 5.38 Å². The molecule has 1 saturated carbocycles. The lowest BCUT2D eigenvalue weighted by Gasteiger charge is -2.34. The number of carbonyl (C=O) groups is 1. The Hall–Kier alpha value is -2.02. The van der Waals surface area contributed by atoms with Gasteiger partial charge < -0.3 is 9.80 Å². The second-order valence-electron chi connectivity index (χ2n) is 9.18. The van der Waals surface area contributed by atoms with Crippen LogP contribution in [0.4, 0.5) is 5.82 Å². The summed E-state index contributed by atoms with van der Waals surface area (Å²) in [6.07, 6.45) is 7.48. The molecule has 0 bridgehead atoms. The normalized spacial score (nSPS) is 21.6. The molecule has 2 aromatic heterocycles. The quantitative estimate of drug-likeness (QED) is 0.732. The van der Waals surface area contributed by atoms with Crippen molar-refractivity contribution in [1.29, 1.82) is 0 Å². The summed E-state index contributed by atoms with van der Waals surface area (Å²) in [7, 11) is 0. The zero-order chi connectivity index (χ0) is 20.7. The Morgan fingerprint density at radius 1 is 1.13 bits per heavy atom. The van der Waals surface area contributed by atoms with E-state index in [4.69, 9.17) is 9.97 Å². The molecule has 30 heavy (non-hydrogen) atoms. The number of likely N-dealkylation sites (tertiary alicyclic amines) is 1. The van der Waals surface area contributed by atoms with Gasteiger partial charge in [0.2, 0.25) is 5.91 Å². The maximum atomic E-state index is 12.9. The van der Waals surface area contributed by atoms with Gasteiger partial charge in [-0.05, 0) is 58.3 Å². The van der Waals surface area contributed by atoms with Crippen molar-refractivity contribution in [3.05, 3.63) is 33.2 Å². The van der Waals surface area contributed by atoms with Crippen molar-refractivity contribution in [2.75, 3.05) is 31.1 Å². The van der Waals surface area contributed by atoms with E-state index in [0.717, 1.165) is 73.6 Å². The van der Waals surface area contributed by atoms with Crippen molar-refractivity contribution >= 4 is 23.1 Å². The molecule has 1 amide bonds. The Balaban J connectivity index is 1.33. The van der Waals surface area contributed by atoms with E-state index >= 15 is 0 Å².